The highest BCUT2D eigenvalue weighted by Crippen LogP contribution is 2.34. The molecule has 3 aromatic rings. The van der Waals surface area contributed by atoms with Gasteiger partial charge in [-0.15, -0.1) is 0 Å². The Morgan fingerprint density at radius 2 is 2.12 bits per heavy atom. The number of aromatic nitrogens is 3. The quantitative estimate of drug-likeness (QED) is 0.765. The Morgan fingerprint density at radius 1 is 1.23 bits per heavy atom. The zero-order chi connectivity index (χ0) is 18.1. The molecule has 0 saturated heterocycles. The summed E-state index contributed by atoms with van der Waals surface area (Å²) < 4.78 is 10.8. The number of hydrogen-bond acceptors (Lipinski definition) is 5. The average molecular weight is 350 g/mol. The molecule has 0 aliphatic carbocycles. The normalized spacial score (nSPS) is 13.0. The van der Waals surface area contributed by atoms with Gasteiger partial charge in [-0.25, -0.2) is 4.98 Å². The second kappa shape index (κ2) is 6.51. The number of nitrogens with one attached hydrogen (secondary N) is 1. The summed E-state index contributed by atoms with van der Waals surface area (Å²) in [6, 6.07) is 7.71. The molecule has 1 aliphatic rings. The Morgan fingerprint density at radius 3 is 2.85 bits per heavy atom. The lowest BCUT2D eigenvalue weighted by Gasteiger charge is -2.11. The summed E-state index contributed by atoms with van der Waals surface area (Å²) in [7, 11) is 1.57. The summed E-state index contributed by atoms with van der Waals surface area (Å²) >= 11 is 0. The van der Waals surface area contributed by atoms with Gasteiger partial charge in [0.25, 0.3) is 11.8 Å². The zero-order valence-corrected chi connectivity index (χ0v) is 14.5. The molecule has 7 heteroatoms. The molecule has 132 valence electrons. The van der Waals surface area contributed by atoms with Crippen molar-refractivity contribution >= 4 is 11.6 Å². The van der Waals surface area contributed by atoms with Gasteiger partial charge >= 0.3 is 0 Å². The predicted octanol–water partition coefficient (Wildman–Crippen LogP) is 3.04. The van der Waals surface area contributed by atoms with Crippen LogP contribution < -0.4 is 14.4 Å². The minimum atomic E-state index is -0.0178. The van der Waals surface area contributed by atoms with Crippen LogP contribution in [0.2, 0.25) is 0 Å². The molecule has 3 heterocycles. The van der Waals surface area contributed by atoms with Crippen molar-refractivity contribution in [1.29, 1.82) is 0 Å². The van der Waals surface area contributed by atoms with Crippen molar-refractivity contribution in [2.75, 3.05) is 18.6 Å². The highest BCUT2D eigenvalue weighted by molar-refractivity contribution is 6.10. The van der Waals surface area contributed by atoms with E-state index in [0.29, 0.717) is 30.3 Å². The lowest BCUT2D eigenvalue weighted by Crippen LogP contribution is -2.22. The molecule has 0 atom stereocenters. The van der Waals surface area contributed by atoms with Crippen LogP contribution in [0.15, 0.2) is 42.9 Å². The van der Waals surface area contributed by atoms with Gasteiger partial charge in [-0.1, -0.05) is 6.07 Å². The van der Waals surface area contributed by atoms with E-state index in [-0.39, 0.29) is 5.91 Å². The molecule has 2 aromatic heterocycles. The van der Waals surface area contributed by atoms with Crippen molar-refractivity contribution < 1.29 is 14.3 Å². The van der Waals surface area contributed by atoms with Crippen molar-refractivity contribution in [2.45, 2.75) is 13.5 Å². The number of amides is 1. The third-order valence-electron chi connectivity index (χ3n) is 4.35. The zero-order valence-electron chi connectivity index (χ0n) is 14.5. The van der Waals surface area contributed by atoms with Gasteiger partial charge < -0.3 is 14.4 Å². The smallest absolute Gasteiger partial charge is 0.259 e. The fraction of sp³-hybridized carbons (Fsp3) is 0.211. The highest BCUT2D eigenvalue weighted by atomic mass is 16.5. The van der Waals surface area contributed by atoms with Gasteiger partial charge in [0.05, 0.1) is 32.1 Å². The second-order valence-electron chi connectivity index (χ2n) is 5.88. The highest BCUT2D eigenvalue weighted by Gasteiger charge is 2.29. The monoisotopic (exact) mass is 350 g/mol. The molecule has 1 aliphatic heterocycles. The molecule has 4 rings (SSSR count). The first-order chi connectivity index (χ1) is 12.7. The number of aromatic amines is 1. The van der Waals surface area contributed by atoms with Crippen LogP contribution in [0.1, 0.15) is 22.8 Å². The number of rotatable bonds is 5. The summed E-state index contributed by atoms with van der Waals surface area (Å²) in [5.41, 5.74) is 4.33. The number of H-pyrrole nitrogens is 1. The summed E-state index contributed by atoms with van der Waals surface area (Å²) in [5.74, 6) is 1.04. The summed E-state index contributed by atoms with van der Waals surface area (Å²) in [6.45, 7) is 2.96. The third-order valence-corrected chi connectivity index (χ3v) is 4.35. The number of benzene rings is 1. The number of anilines is 1. The minimum absolute atomic E-state index is 0.0178. The van der Waals surface area contributed by atoms with Crippen molar-refractivity contribution in [1.82, 2.24) is 15.2 Å². The van der Waals surface area contributed by atoms with E-state index >= 15 is 0 Å². The fourth-order valence-corrected chi connectivity index (χ4v) is 3.10. The van der Waals surface area contributed by atoms with E-state index in [2.05, 4.69) is 15.2 Å². The van der Waals surface area contributed by atoms with E-state index in [4.69, 9.17) is 9.47 Å². The molecule has 7 nitrogen and oxygen atoms in total. The molecular formula is C19H18N4O3. The van der Waals surface area contributed by atoms with Crippen molar-refractivity contribution in [3.8, 4) is 22.8 Å². The van der Waals surface area contributed by atoms with E-state index in [1.165, 1.54) is 0 Å². The number of methoxy groups -OCH3 is 1. The van der Waals surface area contributed by atoms with E-state index in [1.54, 1.807) is 30.6 Å². The third kappa shape index (κ3) is 2.67. The van der Waals surface area contributed by atoms with Crippen LogP contribution in [0.4, 0.5) is 5.69 Å². The minimum Gasteiger partial charge on any atom is -0.488 e. The van der Waals surface area contributed by atoms with E-state index in [9.17, 15) is 4.79 Å². The maximum absolute atomic E-state index is 12.6. The van der Waals surface area contributed by atoms with Crippen molar-refractivity contribution in [2.24, 2.45) is 0 Å². The lowest BCUT2D eigenvalue weighted by atomic mass is 10.0. The Kier molecular flexibility index (Phi) is 4.04. The van der Waals surface area contributed by atoms with Crippen LogP contribution in [0.5, 0.6) is 11.6 Å². The number of carbonyl (C=O) groups excluding carboxylic acids is 1. The molecule has 0 fully saturated rings. The summed E-state index contributed by atoms with van der Waals surface area (Å²) in [5, 5.41) is 6.66. The van der Waals surface area contributed by atoms with Gasteiger partial charge in [-0.2, -0.15) is 5.10 Å². The van der Waals surface area contributed by atoms with E-state index in [0.717, 1.165) is 22.4 Å². The number of ether oxygens (including phenoxy) is 2. The summed E-state index contributed by atoms with van der Waals surface area (Å²) in [6.07, 6.45) is 5.10. The van der Waals surface area contributed by atoms with Crippen LogP contribution in [-0.4, -0.2) is 34.8 Å². The number of pyridine rings is 1. The first-order valence-electron chi connectivity index (χ1n) is 8.32. The van der Waals surface area contributed by atoms with E-state index in [1.807, 2.05) is 31.2 Å². The largest absolute Gasteiger partial charge is 0.488 e. The van der Waals surface area contributed by atoms with Gasteiger partial charge in [-0.05, 0) is 36.2 Å². The van der Waals surface area contributed by atoms with Gasteiger partial charge in [0.15, 0.2) is 5.75 Å². The Labute approximate surface area is 150 Å². The summed E-state index contributed by atoms with van der Waals surface area (Å²) in [4.78, 5) is 18.6. The van der Waals surface area contributed by atoms with Crippen LogP contribution in [0.25, 0.3) is 11.1 Å². The number of hydrogen-bond donors (Lipinski definition) is 1. The molecule has 1 amide bonds. The van der Waals surface area contributed by atoms with Crippen LogP contribution >= 0.6 is 0 Å². The molecule has 1 aromatic carbocycles. The van der Waals surface area contributed by atoms with Gasteiger partial charge in [0, 0.05) is 23.5 Å². The molecule has 0 spiro atoms. The topological polar surface area (TPSA) is 80.3 Å². The van der Waals surface area contributed by atoms with Crippen molar-refractivity contribution in [3.63, 3.8) is 0 Å². The molecular weight excluding hydrogens is 332 g/mol. The Hall–Kier alpha value is -3.35. The van der Waals surface area contributed by atoms with Gasteiger partial charge in [0.1, 0.15) is 0 Å². The maximum Gasteiger partial charge on any atom is 0.259 e. The first kappa shape index (κ1) is 16.1. The second-order valence-corrected chi connectivity index (χ2v) is 5.88. The average Bonchev–Trinajstić information content (AvgIpc) is 3.30. The number of carbonyl (C=O) groups is 1. The Bertz CT molecular complexity index is 953. The molecule has 0 bridgehead atoms. The van der Waals surface area contributed by atoms with Crippen LogP contribution in [0.3, 0.4) is 0 Å². The lowest BCUT2D eigenvalue weighted by molar-refractivity contribution is 0.0996. The van der Waals surface area contributed by atoms with Crippen molar-refractivity contribution in [3.05, 3.63) is 54.0 Å². The molecule has 0 saturated carbocycles. The van der Waals surface area contributed by atoms with E-state index < -0.39 is 0 Å². The van der Waals surface area contributed by atoms with Gasteiger partial charge in [-0.3, -0.25) is 9.89 Å². The molecule has 0 radical (unpaired) electrons. The first-order valence-corrected chi connectivity index (χ1v) is 8.32. The SMILES string of the molecule is CCOc1cc(-c2ccc3c(c2)CN(c2cn[nH]c2)C3=O)cnc1OC. The number of fused-ring (bicyclic) bond motifs is 1. The number of nitrogens with zero attached hydrogens (tertiary/aromatic N) is 3. The molecule has 0 unspecified atom stereocenters. The molecule has 26 heavy (non-hydrogen) atoms. The van der Waals surface area contributed by atoms with Crippen LogP contribution in [-0.2, 0) is 6.54 Å². The fourth-order valence-electron chi connectivity index (χ4n) is 3.10. The maximum atomic E-state index is 12.6. The van der Waals surface area contributed by atoms with Gasteiger partial charge in [0.2, 0.25) is 0 Å². The van der Waals surface area contributed by atoms with Crippen LogP contribution in [0, 0.1) is 0 Å². The molecule has 1 N–H and O–H groups in total. The standard InChI is InChI=1S/C19H18N4O3/c1-3-26-17-7-13(8-20-18(17)25-2)12-4-5-16-14(6-12)11-23(19(16)24)15-9-21-22-10-15/h4-10H,3,11H2,1-2H3,(H,21,22). The Balaban J connectivity index is 1.68. The predicted molar refractivity (Wildman–Crippen MR) is 96.5 cm³/mol.